The van der Waals surface area contributed by atoms with Crippen molar-refractivity contribution in [3.05, 3.63) is 29.8 Å². The normalized spacial score (nSPS) is 20.7. The monoisotopic (exact) mass is 247 g/mol. The number of rotatable bonds is 2. The van der Waals surface area contributed by atoms with Gasteiger partial charge in [-0.05, 0) is 25.6 Å². The van der Waals surface area contributed by atoms with Gasteiger partial charge in [0.15, 0.2) is 0 Å². The van der Waals surface area contributed by atoms with Gasteiger partial charge in [0.25, 0.3) is 0 Å². The first-order valence-electron chi connectivity index (χ1n) is 6.34. The first kappa shape index (κ1) is 13.1. The Hall–Kier alpha value is -1.39. The van der Waals surface area contributed by atoms with Gasteiger partial charge in [-0.1, -0.05) is 18.2 Å². The molecule has 18 heavy (non-hydrogen) atoms. The van der Waals surface area contributed by atoms with Crippen LogP contribution in [0, 0.1) is 6.92 Å². The lowest BCUT2D eigenvalue weighted by molar-refractivity contribution is -0.121. The zero-order valence-corrected chi connectivity index (χ0v) is 11.3. The number of para-hydroxylation sites is 1. The first-order chi connectivity index (χ1) is 8.59. The van der Waals surface area contributed by atoms with Gasteiger partial charge >= 0.3 is 0 Å². The van der Waals surface area contributed by atoms with Crippen molar-refractivity contribution in [1.29, 1.82) is 0 Å². The molecule has 1 aromatic carbocycles. The molecule has 4 nitrogen and oxygen atoms in total. The summed E-state index contributed by atoms with van der Waals surface area (Å²) in [4.78, 5) is 16.4. The van der Waals surface area contributed by atoms with E-state index in [4.69, 9.17) is 0 Å². The molecule has 1 aliphatic rings. The van der Waals surface area contributed by atoms with E-state index in [0.29, 0.717) is 0 Å². The van der Waals surface area contributed by atoms with E-state index in [0.717, 1.165) is 30.9 Å². The van der Waals surface area contributed by atoms with Crippen molar-refractivity contribution in [2.24, 2.45) is 0 Å². The van der Waals surface area contributed by atoms with E-state index in [1.807, 2.05) is 38.2 Å². The summed E-state index contributed by atoms with van der Waals surface area (Å²) in [7, 11) is 3.90. The zero-order chi connectivity index (χ0) is 13.1. The van der Waals surface area contributed by atoms with Crippen LogP contribution in [0.4, 0.5) is 5.69 Å². The Morgan fingerprint density at radius 2 is 2.17 bits per heavy atom. The number of piperazine rings is 1. The van der Waals surface area contributed by atoms with Crippen molar-refractivity contribution in [3.63, 3.8) is 0 Å². The van der Waals surface area contributed by atoms with Crippen LogP contribution in [0.3, 0.4) is 0 Å². The van der Waals surface area contributed by atoms with Gasteiger partial charge < -0.3 is 15.1 Å². The molecular weight excluding hydrogens is 226 g/mol. The molecule has 1 aliphatic heterocycles. The summed E-state index contributed by atoms with van der Waals surface area (Å²) in [6.07, 6.45) is 0. The summed E-state index contributed by atoms with van der Waals surface area (Å²) in [6, 6.07) is 7.86. The van der Waals surface area contributed by atoms with Crippen LogP contribution >= 0.6 is 0 Å². The highest BCUT2D eigenvalue weighted by molar-refractivity contribution is 5.97. The predicted octanol–water partition coefficient (Wildman–Crippen LogP) is 0.861. The minimum atomic E-state index is -0.103. The maximum Gasteiger partial charge on any atom is 0.245 e. The van der Waals surface area contributed by atoms with Crippen molar-refractivity contribution in [3.8, 4) is 0 Å². The molecular formula is C14H21N3O. The van der Waals surface area contributed by atoms with Crippen molar-refractivity contribution in [1.82, 2.24) is 10.2 Å². The maximum atomic E-state index is 12.4. The molecule has 1 aromatic rings. The van der Waals surface area contributed by atoms with E-state index in [9.17, 15) is 4.79 Å². The van der Waals surface area contributed by atoms with E-state index in [1.54, 1.807) is 4.90 Å². The van der Waals surface area contributed by atoms with Crippen LogP contribution in [0.25, 0.3) is 0 Å². The minimum absolute atomic E-state index is 0.103. The van der Waals surface area contributed by atoms with Gasteiger partial charge in [0.1, 0.15) is 6.04 Å². The molecule has 1 amide bonds. The molecule has 1 fully saturated rings. The standard InChI is InChI=1S/C14H21N3O/c1-11-6-4-5-7-13(11)17(3)14(18)12-10-16(2)9-8-15-12/h4-7,12,15H,8-10H2,1-3H3. The van der Waals surface area contributed by atoms with Crippen molar-refractivity contribution < 1.29 is 4.79 Å². The number of hydrogen-bond donors (Lipinski definition) is 1. The van der Waals surface area contributed by atoms with Gasteiger partial charge in [-0.2, -0.15) is 0 Å². The minimum Gasteiger partial charge on any atom is -0.314 e. The molecule has 0 saturated carbocycles. The zero-order valence-electron chi connectivity index (χ0n) is 11.3. The Morgan fingerprint density at radius 3 is 2.83 bits per heavy atom. The molecule has 0 aliphatic carbocycles. The van der Waals surface area contributed by atoms with Crippen LogP contribution in [0.5, 0.6) is 0 Å². The lowest BCUT2D eigenvalue weighted by Gasteiger charge is -2.32. The number of nitrogens with one attached hydrogen (secondary N) is 1. The number of carbonyl (C=O) groups excluding carboxylic acids is 1. The molecule has 1 unspecified atom stereocenters. The van der Waals surface area contributed by atoms with E-state index in [1.165, 1.54) is 0 Å². The Bertz CT molecular complexity index is 433. The molecule has 0 spiro atoms. The number of nitrogens with zero attached hydrogens (tertiary/aromatic N) is 2. The molecule has 4 heteroatoms. The Balaban J connectivity index is 2.11. The van der Waals surface area contributed by atoms with Crippen LogP contribution in [-0.2, 0) is 4.79 Å². The number of carbonyl (C=O) groups is 1. The Labute approximate surface area is 109 Å². The Kier molecular flexibility index (Phi) is 3.99. The van der Waals surface area contributed by atoms with Crippen LogP contribution in [0.2, 0.25) is 0 Å². The third-order valence-corrected chi connectivity index (χ3v) is 3.48. The van der Waals surface area contributed by atoms with Gasteiger partial charge in [0.2, 0.25) is 5.91 Å². The van der Waals surface area contributed by atoms with Gasteiger partial charge in [0, 0.05) is 32.4 Å². The second-order valence-corrected chi connectivity index (χ2v) is 4.95. The van der Waals surface area contributed by atoms with Crippen molar-refractivity contribution in [2.45, 2.75) is 13.0 Å². The summed E-state index contributed by atoms with van der Waals surface area (Å²) >= 11 is 0. The molecule has 0 aromatic heterocycles. The highest BCUT2D eigenvalue weighted by Crippen LogP contribution is 2.18. The van der Waals surface area contributed by atoms with E-state index < -0.39 is 0 Å². The molecule has 2 rings (SSSR count). The molecule has 1 atom stereocenters. The maximum absolute atomic E-state index is 12.4. The second kappa shape index (κ2) is 5.50. The summed E-state index contributed by atoms with van der Waals surface area (Å²) in [6.45, 7) is 4.67. The van der Waals surface area contributed by atoms with Crippen LogP contribution < -0.4 is 10.2 Å². The van der Waals surface area contributed by atoms with E-state index >= 15 is 0 Å². The van der Waals surface area contributed by atoms with E-state index in [2.05, 4.69) is 17.3 Å². The van der Waals surface area contributed by atoms with Gasteiger partial charge in [0.05, 0.1) is 0 Å². The van der Waals surface area contributed by atoms with Crippen LogP contribution in [0.1, 0.15) is 5.56 Å². The number of hydrogen-bond acceptors (Lipinski definition) is 3. The fourth-order valence-corrected chi connectivity index (χ4v) is 2.35. The molecule has 0 radical (unpaired) electrons. The summed E-state index contributed by atoms with van der Waals surface area (Å²) < 4.78 is 0. The predicted molar refractivity (Wildman–Crippen MR) is 73.9 cm³/mol. The summed E-state index contributed by atoms with van der Waals surface area (Å²) in [5.41, 5.74) is 2.11. The third kappa shape index (κ3) is 2.71. The number of anilines is 1. The average Bonchev–Trinajstić information content (AvgIpc) is 2.37. The van der Waals surface area contributed by atoms with Crippen LogP contribution in [-0.4, -0.2) is 50.6 Å². The van der Waals surface area contributed by atoms with Crippen molar-refractivity contribution >= 4 is 11.6 Å². The molecule has 1 N–H and O–H groups in total. The summed E-state index contributed by atoms with van der Waals surface area (Å²) in [5.74, 6) is 0.135. The quantitative estimate of drug-likeness (QED) is 0.842. The molecule has 1 heterocycles. The SMILES string of the molecule is Cc1ccccc1N(C)C(=O)C1CN(C)CCN1. The smallest absolute Gasteiger partial charge is 0.245 e. The fraction of sp³-hybridized carbons (Fsp3) is 0.500. The lowest BCUT2D eigenvalue weighted by atomic mass is 10.1. The Morgan fingerprint density at radius 1 is 1.44 bits per heavy atom. The summed E-state index contributed by atoms with van der Waals surface area (Å²) in [5, 5.41) is 3.29. The number of aryl methyl sites for hydroxylation is 1. The third-order valence-electron chi connectivity index (χ3n) is 3.48. The number of benzene rings is 1. The fourth-order valence-electron chi connectivity index (χ4n) is 2.35. The van der Waals surface area contributed by atoms with E-state index in [-0.39, 0.29) is 11.9 Å². The first-order valence-corrected chi connectivity index (χ1v) is 6.34. The lowest BCUT2D eigenvalue weighted by Crippen LogP contribution is -2.56. The molecule has 98 valence electrons. The van der Waals surface area contributed by atoms with Crippen molar-refractivity contribution in [2.75, 3.05) is 38.6 Å². The average molecular weight is 247 g/mol. The highest BCUT2D eigenvalue weighted by Gasteiger charge is 2.26. The van der Waals surface area contributed by atoms with Gasteiger partial charge in [-0.3, -0.25) is 4.79 Å². The molecule has 0 bridgehead atoms. The molecule has 1 saturated heterocycles. The highest BCUT2D eigenvalue weighted by atomic mass is 16.2. The second-order valence-electron chi connectivity index (χ2n) is 4.95. The number of amides is 1. The van der Waals surface area contributed by atoms with Gasteiger partial charge in [-0.15, -0.1) is 0 Å². The van der Waals surface area contributed by atoms with Crippen LogP contribution in [0.15, 0.2) is 24.3 Å². The topological polar surface area (TPSA) is 35.6 Å². The number of likely N-dealkylation sites (N-methyl/N-ethyl adjacent to an activating group) is 2. The van der Waals surface area contributed by atoms with Gasteiger partial charge in [-0.25, -0.2) is 0 Å². The largest absolute Gasteiger partial charge is 0.314 e.